The maximum Gasteiger partial charge on any atom is 0.265 e. The number of hydrogen-bond acceptors (Lipinski definition) is 5. The Morgan fingerprint density at radius 2 is 1.87 bits per heavy atom. The van der Waals surface area contributed by atoms with Crippen LogP contribution in [0.25, 0.3) is 0 Å². The number of aliphatic imine (C=N–C) groups is 1. The summed E-state index contributed by atoms with van der Waals surface area (Å²) < 4.78 is 5.26. The highest BCUT2D eigenvalue weighted by molar-refractivity contribution is 6.29. The van der Waals surface area contributed by atoms with Gasteiger partial charge in [-0.1, -0.05) is 38.1 Å². The first-order valence-electron chi connectivity index (χ1n) is 10.4. The topological polar surface area (TPSA) is 62.2 Å². The highest BCUT2D eigenvalue weighted by Gasteiger charge is 2.38. The van der Waals surface area contributed by atoms with Crippen molar-refractivity contribution in [2.75, 3.05) is 38.2 Å². The van der Waals surface area contributed by atoms with Crippen LogP contribution in [0.15, 0.2) is 53.5 Å². The second kappa shape index (κ2) is 10.2. The molecule has 6 nitrogen and oxygen atoms in total. The van der Waals surface area contributed by atoms with Crippen molar-refractivity contribution in [3.63, 3.8) is 0 Å². The minimum atomic E-state index is -0.585. The van der Waals surface area contributed by atoms with E-state index in [2.05, 4.69) is 23.7 Å². The third kappa shape index (κ3) is 4.60. The van der Waals surface area contributed by atoms with Gasteiger partial charge in [-0.05, 0) is 49.8 Å². The van der Waals surface area contributed by atoms with E-state index in [4.69, 9.17) is 4.74 Å². The number of fused-ring (bicyclic) bond motifs is 1. The van der Waals surface area contributed by atoms with Crippen LogP contribution in [-0.2, 0) is 4.79 Å². The molecule has 1 unspecified atom stereocenters. The molecule has 0 aliphatic carbocycles. The molecule has 1 aliphatic heterocycles. The summed E-state index contributed by atoms with van der Waals surface area (Å²) in [6, 6.07) is 14.2. The van der Waals surface area contributed by atoms with Crippen molar-refractivity contribution < 1.29 is 14.3 Å². The van der Waals surface area contributed by atoms with Crippen LogP contribution in [0, 0.1) is 0 Å². The maximum absolute atomic E-state index is 13.3. The molecule has 30 heavy (non-hydrogen) atoms. The average molecular weight is 408 g/mol. The highest BCUT2D eigenvalue weighted by Crippen LogP contribution is 2.33. The van der Waals surface area contributed by atoms with Crippen molar-refractivity contribution >= 4 is 23.7 Å². The number of hydrogen-bond donors (Lipinski definition) is 0. The Morgan fingerprint density at radius 3 is 2.60 bits per heavy atom. The van der Waals surface area contributed by atoms with Gasteiger partial charge in [0.15, 0.2) is 0 Å². The predicted molar refractivity (Wildman–Crippen MR) is 120 cm³/mol. The Kier molecular flexibility index (Phi) is 7.36. The first-order valence-corrected chi connectivity index (χ1v) is 10.4. The fourth-order valence-electron chi connectivity index (χ4n) is 3.70. The van der Waals surface area contributed by atoms with Crippen LogP contribution in [0.1, 0.15) is 42.1 Å². The lowest BCUT2D eigenvalue weighted by Gasteiger charge is -2.31. The molecule has 0 saturated carbocycles. The molecule has 0 fully saturated rings. The van der Waals surface area contributed by atoms with E-state index in [-0.39, 0.29) is 11.8 Å². The molecule has 0 radical (unpaired) electrons. The van der Waals surface area contributed by atoms with Crippen LogP contribution >= 0.6 is 0 Å². The molecule has 0 aromatic heterocycles. The minimum absolute atomic E-state index is 0.292. The Hall–Kier alpha value is -2.99. The van der Waals surface area contributed by atoms with E-state index in [1.54, 1.807) is 43.7 Å². The van der Waals surface area contributed by atoms with E-state index < -0.39 is 5.92 Å². The van der Waals surface area contributed by atoms with Gasteiger partial charge in [-0.3, -0.25) is 14.6 Å². The summed E-state index contributed by atoms with van der Waals surface area (Å²) in [5.74, 6) is -0.610. The number of methoxy groups -OCH3 is 1. The molecule has 158 valence electrons. The molecule has 0 spiro atoms. The number of rotatable bonds is 9. The number of imide groups is 1. The summed E-state index contributed by atoms with van der Waals surface area (Å²) in [5.41, 5.74) is 1.73. The first-order chi connectivity index (χ1) is 14.6. The molecule has 1 heterocycles. The molecular weight excluding hydrogens is 378 g/mol. The van der Waals surface area contributed by atoms with Gasteiger partial charge in [0, 0.05) is 24.4 Å². The minimum Gasteiger partial charge on any atom is -0.497 e. The molecule has 3 rings (SSSR count). The van der Waals surface area contributed by atoms with Gasteiger partial charge < -0.3 is 9.64 Å². The summed E-state index contributed by atoms with van der Waals surface area (Å²) in [6.45, 7) is 7.96. The number of ether oxygens (including phenoxy) is 1. The monoisotopic (exact) mass is 407 g/mol. The normalized spacial score (nSPS) is 16.4. The average Bonchev–Trinajstić information content (AvgIpc) is 2.78. The molecular formula is C24H29N3O3. The first kappa shape index (κ1) is 21.7. The Labute approximate surface area is 178 Å². The molecule has 6 heteroatoms. The molecule has 2 aromatic rings. The molecule has 1 aliphatic rings. The molecule has 0 N–H and O–H groups in total. The van der Waals surface area contributed by atoms with E-state index in [1.165, 1.54) is 4.90 Å². The van der Waals surface area contributed by atoms with Gasteiger partial charge in [-0.15, -0.1) is 0 Å². The fraction of sp³-hybridized carbons (Fsp3) is 0.375. The van der Waals surface area contributed by atoms with Crippen molar-refractivity contribution in [1.29, 1.82) is 0 Å². The van der Waals surface area contributed by atoms with Crippen LogP contribution < -0.4 is 9.64 Å². The quantitative estimate of drug-likeness (QED) is 0.361. The van der Waals surface area contributed by atoms with Gasteiger partial charge in [0.05, 0.1) is 18.7 Å². The summed E-state index contributed by atoms with van der Waals surface area (Å²) in [4.78, 5) is 34.5. The SMILES string of the molecule is CCN(CC)CCCN=CC1C(=O)N(c2cccc(OC)c2)C(=O)c2ccccc21. The van der Waals surface area contributed by atoms with Crippen LogP contribution in [0.2, 0.25) is 0 Å². The third-order valence-electron chi connectivity index (χ3n) is 5.44. The highest BCUT2D eigenvalue weighted by atomic mass is 16.5. The largest absolute Gasteiger partial charge is 0.497 e. The maximum atomic E-state index is 13.3. The van der Waals surface area contributed by atoms with E-state index >= 15 is 0 Å². The van der Waals surface area contributed by atoms with Crippen molar-refractivity contribution in [1.82, 2.24) is 4.90 Å². The summed E-state index contributed by atoms with van der Waals surface area (Å²) >= 11 is 0. The molecule has 1 atom stereocenters. The molecule has 0 saturated heterocycles. The van der Waals surface area contributed by atoms with Crippen molar-refractivity contribution in [3.05, 3.63) is 59.7 Å². The lowest BCUT2D eigenvalue weighted by Crippen LogP contribution is -2.45. The van der Waals surface area contributed by atoms with E-state index in [0.717, 1.165) is 26.1 Å². The zero-order valence-corrected chi connectivity index (χ0v) is 17.9. The molecule has 2 aromatic carbocycles. The summed E-state index contributed by atoms with van der Waals surface area (Å²) in [6.07, 6.45) is 2.63. The molecule has 2 amide bonds. The standard InChI is InChI=1S/C24H29N3O3/c1-4-26(5-2)15-9-14-25-17-22-20-12-6-7-13-21(20)23(28)27(24(22)29)18-10-8-11-19(16-18)30-3/h6-8,10-13,16-17,22H,4-5,9,14-15H2,1-3H3. The van der Waals surface area contributed by atoms with Crippen LogP contribution in [0.5, 0.6) is 5.75 Å². The van der Waals surface area contributed by atoms with Crippen LogP contribution in [0.4, 0.5) is 5.69 Å². The second-order valence-corrected chi connectivity index (χ2v) is 7.18. The smallest absolute Gasteiger partial charge is 0.265 e. The van der Waals surface area contributed by atoms with Gasteiger partial charge in [-0.2, -0.15) is 0 Å². The summed E-state index contributed by atoms with van der Waals surface area (Å²) in [7, 11) is 1.56. The number of amides is 2. The Bertz CT molecular complexity index is 921. The van der Waals surface area contributed by atoms with E-state index in [0.29, 0.717) is 29.1 Å². The van der Waals surface area contributed by atoms with Crippen molar-refractivity contribution in [2.45, 2.75) is 26.2 Å². The number of carbonyl (C=O) groups excluding carboxylic acids is 2. The summed E-state index contributed by atoms with van der Waals surface area (Å²) in [5, 5.41) is 0. The number of anilines is 1. The van der Waals surface area contributed by atoms with Crippen molar-refractivity contribution in [3.8, 4) is 5.75 Å². The third-order valence-corrected chi connectivity index (χ3v) is 5.44. The Morgan fingerprint density at radius 1 is 1.10 bits per heavy atom. The zero-order valence-electron chi connectivity index (χ0n) is 17.9. The van der Waals surface area contributed by atoms with Gasteiger partial charge in [-0.25, -0.2) is 4.90 Å². The Balaban J connectivity index is 1.85. The molecule has 0 bridgehead atoms. The van der Waals surface area contributed by atoms with E-state index in [1.807, 2.05) is 18.2 Å². The fourth-order valence-corrected chi connectivity index (χ4v) is 3.70. The second-order valence-electron chi connectivity index (χ2n) is 7.18. The zero-order chi connectivity index (χ0) is 21.5. The number of carbonyl (C=O) groups is 2. The lowest BCUT2D eigenvalue weighted by molar-refractivity contribution is -0.118. The lowest BCUT2D eigenvalue weighted by atomic mass is 9.89. The van der Waals surface area contributed by atoms with Gasteiger partial charge in [0.2, 0.25) is 5.91 Å². The van der Waals surface area contributed by atoms with Crippen LogP contribution in [0.3, 0.4) is 0 Å². The van der Waals surface area contributed by atoms with Crippen molar-refractivity contribution in [2.24, 2.45) is 4.99 Å². The van der Waals surface area contributed by atoms with Gasteiger partial charge >= 0.3 is 0 Å². The van der Waals surface area contributed by atoms with E-state index in [9.17, 15) is 9.59 Å². The number of nitrogens with zero attached hydrogens (tertiary/aromatic N) is 3. The van der Waals surface area contributed by atoms with Crippen LogP contribution in [-0.4, -0.2) is 56.2 Å². The number of benzene rings is 2. The van der Waals surface area contributed by atoms with Gasteiger partial charge in [0.1, 0.15) is 5.75 Å². The van der Waals surface area contributed by atoms with Gasteiger partial charge in [0.25, 0.3) is 5.91 Å². The predicted octanol–water partition coefficient (Wildman–Crippen LogP) is 3.77.